The minimum Gasteiger partial charge on any atom is -0.496 e. The van der Waals surface area contributed by atoms with E-state index in [0.29, 0.717) is 38.4 Å². The van der Waals surface area contributed by atoms with Crippen molar-refractivity contribution in [3.8, 4) is 23.0 Å². The van der Waals surface area contributed by atoms with E-state index in [1.165, 1.54) is 0 Å². The molecule has 0 fully saturated rings. The summed E-state index contributed by atoms with van der Waals surface area (Å²) in [6, 6.07) is 10.2. The van der Waals surface area contributed by atoms with Crippen LogP contribution >= 0.6 is 12.4 Å². The van der Waals surface area contributed by atoms with Gasteiger partial charge in [0.05, 0.1) is 26.0 Å². The lowest BCUT2D eigenvalue weighted by Crippen LogP contribution is -2.19. The highest BCUT2D eigenvalue weighted by molar-refractivity contribution is 5.85. The Kier molecular flexibility index (Phi) is 11.9. The number of rotatable bonds is 12. The van der Waals surface area contributed by atoms with Crippen molar-refractivity contribution >= 4 is 12.4 Å². The topological polar surface area (TPSA) is 97.0 Å². The smallest absolute Gasteiger partial charge is 0.226 e. The number of methoxy groups -OCH3 is 1. The molecule has 0 aliphatic rings. The van der Waals surface area contributed by atoms with Gasteiger partial charge in [-0.15, -0.1) is 12.4 Å². The average Bonchev–Trinajstić information content (AvgIpc) is 3.32. The van der Waals surface area contributed by atoms with Crippen molar-refractivity contribution in [1.82, 2.24) is 10.3 Å². The van der Waals surface area contributed by atoms with Crippen molar-refractivity contribution in [2.45, 2.75) is 71.8 Å². The number of aliphatic hydroxyl groups excluding tert-OH is 2. The summed E-state index contributed by atoms with van der Waals surface area (Å²) in [7, 11) is 1.73. The number of hydrogen-bond donors (Lipinski definition) is 3. The van der Waals surface area contributed by atoms with E-state index >= 15 is 0 Å². The van der Waals surface area contributed by atoms with Crippen LogP contribution in [0.15, 0.2) is 41.0 Å². The molecule has 0 atom stereocenters. The molecule has 0 aliphatic carbocycles. The van der Waals surface area contributed by atoms with E-state index in [-0.39, 0.29) is 36.5 Å². The molecule has 7 nitrogen and oxygen atoms in total. The van der Waals surface area contributed by atoms with Crippen molar-refractivity contribution < 1.29 is 24.1 Å². The molecule has 3 rings (SSSR count). The SMILES string of the molecule is COc1c(C(C)(C)C)cc(-c2nc(CCOc3ccc(CCO)cc3CNCCO)co2)cc1C(C)(C)C.Cl. The average molecular weight is 561 g/mol. The molecule has 39 heavy (non-hydrogen) atoms. The lowest BCUT2D eigenvalue weighted by molar-refractivity contribution is 0.289. The van der Waals surface area contributed by atoms with Gasteiger partial charge >= 0.3 is 0 Å². The molecule has 2 aromatic carbocycles. The Balaban J connectivity index is 0.00000533. The summed E-state index contributed by atoms with van der Waals surface area (Å²) in [4.78, 5) is 4.78. The fraction of sp³-hybridized carbons (Fsp3) is 0.516. The quantitative estimate of drug-likeness (QED) is 0.248. The van der Waals surface area contributed by atoms with Crippen LogP contribution in [0.3, 0.4) is 0 Å². The highest BCUT2D eigenvalue weighted by Gasteiger charge is 2.28. The Labute approximate surface area is 239 Å². The van der Waals surface area contributed by atoms with Crippen LogP contribution in [0.4, 0.5) is 0 Å². The standard InChI is InChI=1S/C31H44N2O5.ClH/c1-30(2,3)25-17-22(18-26(28(25)36-7)31(4,5)6)29-33-24(20-38-29)11-15-37-27-9-8-21(10-13-34)16-23(27)19-32-12-14-35;/h8-9,16-18,20,32,34-35H,10-15,19H2,1-7H3;1H. The van der Waals surface area contributed by atoms with Gasteiger partial charge < -0.3 is 29.4 Å². The Bertz CT molecular complexity index is 1160. The van der Waals surface area contributed by atoms with Gasteiger partial charge in [-0.3, -0.25) is 0 Å². The first-order valence-electron chi connectivity index (χ1n) is 13.3. The second kappa shape index (κ2) is 14.2. The number of nitrogens with zero attached hydrogens (tertiary/aromatic N) is 1. The Morgan fingerprint density at radius 1 is 0.923 bits per heavy atom. The van der Waals surface area contributed by atoms with Crippen LogP contribution < -0.4 is 14.8 Å². The summed E-state index contributed by atoms with van der Waals surface area (Å²) >= 11 is 0. The predicted molar refractivity (Wildman–Crippen MR) is 158 cm³/mol. The van der Waals surface area contributed by atoms with Crippen LogP contribution in [-0.4, -0.2) is 48.7 Å². The second-order valence-corrected chi connectivity index (χ2v) is 11.7. The largest absolute Gasteiger partial charge is 0.496 e. The fourth-order valence-electron chi connectivity index (χ4n) is 4.40. The van der Waals surface area contributed by atoms with E-state index < -0.39 is 0 Å². The zero-order chi connectivity index (χ0) is 27.9. The second-order valence-electron chi connectivity index (χ2n) is 11.7. The molecular weight excluding hydrogens is 516 g/mol. The lowest BCUT2D eigenvalue weighted by Gasteiger charge is -2.29. The first-order chi connectivity index (χ1) is 18.0. The number of oxazole rings is 1. The van der Waals surface area contributed by atoms with Crippen molar-refractivity contribution in [1.29, 1.82) is 0 Å². The number of ether oxygens (including phenoxy) is 2. The number of nitrogens with one attached hydrogen (secondary N) is 1. The molecule has 0 saturated carbocycles. The molecule has 0 unspecified atom stereocenters. The van der Waals surface area contributed by atoms with Gasteiger partial charge in [-0.2, -0.15) is 0 Å². The van der Waals surface area contributed by atoms with Gasteiger partial charge in [0.25, 0.3) is 0 Å². The first-order valence-corrected chi connectivity index (χ1v) is 13.3. The van der Waals surface area contributed by atoms with Crippen molar-refractivity contribution in [2.24, 2.45) is 0 Å². The Morgan fingerprint density at radius 2 is 1.59 bits per heavy atom. The third kappa shape index (κ3) is 8.70. The predicted octanol–water partition coefficient (Wildman–Crippen LogP) is 5.61. The molecule has 1 aromatic heterocycles. The summed E-state index contributed by atoms with van der Waals surface area (Å²) in [5.41, 5.74) is 5.82. The molecular formula is C31H45ClN2O5. The first kappa shape index (κ1) is 32.6. The van der Waals surface area contributed by atoms with Crippen LogP contribution in [0, 0.1) is 0 Å². The highest BCUT2D eigenvalue weighted by Crippen LogP contribution is 2.42. The number of aliphatic hydroxyl groups is 2. The Morgan fingerprint density at radius 3 is 2.15 bits per heavy atom. The minimum atomic E-state index is -0.110. The van der Waals surface area contributed by atoms with Crippen molar-refractivity contribution in [3.63, 3.8) is 0 Å². The van der Waals surface area contributed by atoms with E-state index in [1.54, 1.807) is 13.4 Å². The normalized spacial score (nSPS) is 11.8. The highest BCUT2D eigenvalue weighted by atomic mass is 35.5. The fourth-order valence-corrected chi connectivity index (χ4v) is 4.40. The number of halogens is 1. The molecule has 3 aromatic rings. The third-order valence-corrected chi connectivity index (χ3v) is 6.45. The summed E-state index contributed by atoms with van der Waals surface area (Å²) in [6.45, 7) is 14.8. The van der Waals surface area contributed by atoms with E-state index in [0.717, 1.165) is 45.0 Å². The Hall–Kier alpha value is -2.58. The third-order valence-electron chi connectivity index (χ3n) is 6.45. The van der Waals surface area contributed by atoms with Crippen LogP contribution in [0.25, 0.3) is 11.5 Å². The van der Waals surface area contributed by atoms with Gasteiger partial charge in [0.2, 0.25) is 5.89 Å². The molecule has 3 N–H and O–H groups in total. The molecule has 8 heteroatoms. The summed E-state index contributed by atoms with van der Waals surface area (Å²) in [5, 5.41) is 21.6. The minimum absolute atomic E-state index is 0. The molecule has 0 bridgehead atoms. The molecule has 1 heterocycles. The number of benzene rings is 2. The lowest BCUT2D eigenvalue weighted by atomic mass is 9.78. The van der Waals surface area contributed by atoms with Crippen LogP contribution in [0.1, 0.15) is 69.5 Å². The van der Waals surface area contributed by atoms with Gasteiger partial charge in [-0.1, -0.05) is 53.7 Å². The van der Waals surface area contributed by atoms with Crippen LogP contribution in [0.5, 0.6) is 11.5 Å². The zero-order valence-electron chi connectivity index (χ0n) is 24.4. The van der Waals surface area contributed by atoms with Gasteiger partial charge in [0, 0.05) is 48.4 Å². The maximum Gasteiger partial charge on any atom is 0.226 e. The maximum atomic E-state index is 9.28. The maximum absolute atomic E-state index is 9.28. The molecule has 0 radical (unpaired) electrons. The van der Waals surface area contributed by atoms with E-state index in [4.69, 9.17) is 24.0 Å². The molecule has 0 saturated heterocycles. The van der Waals surface area contributed by atoms with Crippen molar-refractivity contribution in [3.05, 3.63) is 64.5 Å². The van der Waals surface area contributed by atoms with Crippen LogP contribution in [-0.2, 0) is 30.2 Å². The number of hydrogen-bond acceptors (Lipinski definition) is 7. The summed E-state index contributed by atoms with van der Waals surface area (Å²) in [6.07, 6.45) is 2.89. The monoisotopic (exact) mass is 560 g/mol. The van der Waals surface area contributed by atoms with Gasteiger partial charge in [0.1, 0.15) is 17.8 Å². The molecule has 0 amide bonds. The number of aromatic nitrogens is 1. The van der Waals surface area contributed by atoms with Crippen LogP contribution in [0.2, 0.25) is 0 Å². The van der Waals surface area contributed by atoms with E-state index in [9.17, 15) is 5.11 Å². The van der Waals surface area contributed by atoms with Gasteiger partial charge in [0.15, 0.2) is 0 Å². The van der Waals surface area contributed by atoms with E-state index in [2.05, 4.69) is 59.0 Å². The molecule has 0 aliphatic heterocycles. The summed E-state index contributed by atoms with van der Waals surface area (Å²) < 4.78 is 17.9. The zero-order valence-corrected chi connectivity index (χ0v) is 25.2. The molecule has 0 spiro atoms. The molecule has 216 valence electrons. The summed E-state index contributed by atoms with van der Waals surface area (Å²) in [5.74, 6) is 2.28. The van der Waals surface area contributed by atoms with Gasteiger partial charge in [-0.05, 0) is 41.0 Å². The van der Waals surface area contributed by atoms with Crippen molar-refractivity contribution in [2.75, 3.05) is 33.5 Å². The van der Waals surface area contributed by atoms with E-state index in [1.807, 2.05) is 18.2 Å². The van der Waals surface area contributed by atoms with Gasteiger partial charge in [-0.25, -0.2) is 4.98 Å².